The summed E-state index contributed by atoms with van der Waals surface area (Å²) in [5.74, 6) is 0.191. The van der Waals surface area contributed by atoms with E-state index >= 15 is 0 Å². The molecule has 0 saturated carbocycles. The zero-order chi connectivity index (χ0) is 15.5. The fourth-order valence-corrected chi connectivity index (χ4v) is 1.97. The van der Waals surface area contributed by atoms with Gasteiger partial charge in [-0.15, -0.1) is 0 Å². The number of aliphatic hydroxyl groups is 1. The van der Waals surface area contributed by atoms with Crippen molar-refractivity contribution >= 4 is 23.3 Å². The van der Waals surface area contributed by atoms with Gasteiger partial charge in [0, 0.05) is 22.2 Å². The molecular weight excluding hydrogens is 288 g/mol. The molecule has 1 aromatic heterocycles. The van der Waals surface area contributed by atoms with E-state index in [1.54, 1.807) is 36.5 Å². The minimum atomic E-state index is -0.359. The predicted molar refractivity (Wildman–Crippen MR) is 83.8 cm³/mol. The van der Waals surface area contributed by atoms with Crippen LogP contribution >= 0.6 is 11.6 Å². The third-order valence-electron chi connectivity index (χ3n) is 3.27. The highest BCUT2D eigenvalue weighted by Crippen LogP contribution is 2.22. The maximum atomic E-state index is 12.1. The van der Waals surface area contributed by atoms with Crippen molar-refractivity contribution in [3.05, 3.63) is 58.7 Å². The molecule has 5 heteroatoms. The second kappa shape index (κ2) is 6.24. The van der Waals surface area contributed by atoms with Crippen LogP contribution in [0.1, 0.15) is 29.8 Å². The molecule has 2 aromatic rings. The van der Waals surface area contributed by atoms with Crippen molar-refractivity contribution in [3.63, 3.8) is 0 Å². The highest BCUT2D eigenvalue weighted by atomic mass is 35.5. The van der Waals surface area contributed by atoms with Gasteiger partial charge in [0.2, 0.25) is 0 Å². The van der Waals surface area contributed by atoms with Crippen LogP contribution in [0.5, 0.6) is 0 Å². The van der Waals surface area contributed by atoms with Crippen LogP contribution < -0.4 is 5.32 Å². The van der Waals surface area contributed by atoms with Crippen LogP contribution in [-0.4, -0.2) is 22.6 Å². The quantitative estimate of drug-likeness (QED) is 0.911. The largest absolute Gasteiger partial charge is 0.395 e. The van der Waals surface area contributed by atoms with Gasteiger partial charge in [-0.05, 0) is 29.8 Å². The summed E-state index contributed by atoms with van der Waals surface area (Å²) in [6.07, 6.45) is 1.66. The summed E-state index contributed by atoms with van der Waals surface area (Å²) in [4.78, 5) is 16.3. The van der Waals surface area contributed by atoms with E-state index in [-0.39, 0.29) is 17.9 Å². The van der Waals surface area contributed by atoms with E-state index in [1.807, 2.05) is 19.9 Å². The van der Waals surface area contributed by atoms with Gasteiger partial charge in [0.25, 0.3) is 5.91 Å². The summed E-state index contributed by atoms with van der Waals surface area (Å²) in [6, 6.07) is 10.3. The first kappa shape index (κ1) is 15.5. The monoisotopic (exact) mass is 304 g/mol. The van der Waals surface area contributed by atoms with Gasteiger partial charge in [-0.3, -0.25) is 4.79 Å². The summed E-state index contributed by atoms with van der Waals surface area (Å²) in [6.45, 7) is 3.88. The molecule has 0 aliphatic heterocycles. The number of carbonyl (C=O) groups is 1. The Morgan fingerprint density at radius 3 is 2.67 bits per heavy atom. The van der Waals surface area contributed by atoms with Gasteiger partial charge in [-0.2, -0.15) is 0 Å². The molecular formula is C16H17ClN2O2. The Balaban J connectivity index is 2.12. The fourth-order valence-electron chi connectivity index (χ4n) is 1.78. The Labute approximate surface area is 128 Å². The number of rotatable bonds is 4. The molecule has 0 spiro atoms. The molecule has 1 aromatic carbocycles. The Bertz CT molecular complexity index is 639. The van der Waals surface area contributed by atoms with E-state index in [0.717, 1.165) is 5.56 Å². The highest BCUT2D eigenvalue weighted by Gasteiger charge is 2.19. The number of carbonyl (C=O) groups excluding carboxylic acids is 1. The van der Waals surface area contributed by atoms with E-state index in [9.17, 15) is 9.90 Å². The van der Waals surface area contributed by atoms with Crippen LogP contribution in [0, 0.1) is 0 Å². The minimum absolute atomic E-state index is 0.0307. The van der Waals surface area contributed by atoms with Crippen LogP contribution in [0.2, 0.25) is 5.02 Å². The zero-order valence-electron chi connectivity index (χ0n) is 11.9. The molecule has 1 heterocycles. The molecule has 0 saturated heterocycles. The minimum Gasteiger partial charge on any atom is -0.395 e. The average molecular weight is 305 g/mol. The Morgan fingerprint density at radius 2 is 2.10 bits per heavy atom. The van der Waals surface area contributed by atoms with Gasteiger partial charge in [-0.25, -0.2) is 4.98 Å². The van der Waals surface area contributed by atoms with E-state index in [4.69, 9.17) is 11.6 Å². The number of nitrogens with one attached hydrogen (secondary N) is 1. The smallest absolute Gasteiger partial charge is 0.256 e. The highest BCUT2D eigenvalue weighted by molar-refractivity contribution is 6.31. The van der Waals surface area contributed by atoms with Crippen LogP contribution in [0.25, 0.3) is 0 Å². The first-order chi connectivity index (χ1) is 9.92. The number of amides is 1. The van der Waals surface area contributed by atoms with Crippen molar-refractivity contribution < 1.29 is 9.90 Å². The molecule has 0 unspecified atom stereocenters. The summed E-state index contributed by atoms with van der Waals surface area (Å²) in [5, 5.41) is 12.5. The summed E-state index contributed by atoms with van der Waals surface area (Å²) in [5.41, 5.74) is 1.03. The normalized spacial score (nSPS) is 11.2. The van der Waals surface area contributed by atoms with Gasteiger partial charge in [0.1, 0.15) is 5.82 Å². The number of hydrogen-bond donors (Lipinski definition) is 2. The second-order valence-corrected chi connectivity index (χ2v) is 5.88. The molecule has 2 rings (SSSR count). The first-order valence-electron chi connectivity index (χ1n) is 6.57. The molecule has 0 bridgehead atoms. The van der Waals surface area contributed by atoms with Crippen LogP contribution in [0.4, 0.5) is 5.82 Å². The number of nitrogens with zero attached hydrogens (tertiary/aromatic N) is 1. The van der Waals surface area contributed by atoms with Gasteiger partial charge >= 0.3 is 0 Å². The lowest BCUT2D eigenvalue weighted by Gasteiger charge is -2.21. The molecule has 110 valence electrons. The van der Waals surface area contributed by atoms with Crippen molar-refractivity contribution in [2.24, 2.45) is 0 Å². The number of halogens is 1. The average Bonchev–Trinajstić information content (AvgIpc) is 2.48. The number of aromatic nitrogens is 1. The van der Waals surface area contributed by atoms with Crippen molar-refractivity contribution in [1.82, 2.24) is 4.98 Å². The Hall–Kier alpha value is -1.91. The fraction of sp³-hybridized carbons (Fsp3) is 0.250. The van der Waals surface area contributed by atoms with Gasteiger partial charge in [-0.1, -0.05) is 37.6 Å². The number of benzene rings is 1. The molecule has 0 fully saturated rings. The molecule has 1 amide bonds. The molecule has 0 radical (unpaired) electrons. The molecule has 0 aliphatic carbocycles. The third kappa shape index (κ3) is 3.80. The van der Waals surface area contributed by atoms with Crippen molar-refractivity contribution in [3.8, 4) is 0 Å². The maximum Gasteiger partial charge on any atom is 0.256 e. The SMILES string of the molecule is CC(C)(CO)c1ccc(NC(=O)c2cccc(Cl)c2)nc1. The van der Waals surface area contributed by atoms with Crippen LogP contribution in [0.15, 0.2) is 42.6 Å². The zero-order valence-corrected chi connectivity index (χ0v) is 12.7. The van der Waals surface area contributed by atoms with E-state index < -0.39 is 0 Å². The van der Waals surface area contributed by atoms with Crippen LogP contribution in [-0.2, 0) is 5.41 Å². The molecule has 0 aliphatic rings. The number of anilines is 1. The third-order valence-corrected chi connectivity index (χ3v) is 3.50. The lowest BCUT2D eigenvalue weighted by atomic mass is 9.87. The number of pyridine rings is 1. The standard InChI is InChI=1S/C16H17ClN2O2/c1-16(2,10-20)12-6-7-14(18-9-12)19-15(21)11-4-3-5-13(17)8-11/h3-9,20H,10H2,1-2H3,(H,18,19,21). The number of hydrogen-bond acceptors (Lipinski definition) is 3. The summed E-state index contributed by atoms with van der Waals surface area (Å²) < 4.78 is 0. The number of aliphatic hydroxyl groups excluding tert-OH is 1. The molecule has 2 N–H and O–H groups in total. The van der Waals surface area contributed by atoms with E-state index in [1.165, 1.54) is 0 Å². The second-order valence-electron chi connectivity index (χ2n) is 5.44. The van der Waals surface area contributed by atoms with Crippen molar-refractivity contribution in [1.29, 1.82) is 0 Å². The molecule has 21 heavy (non-hydrogen) atoms. The Morgan fingerprint density at radius 1 is 1.33 bits per heavy atom. The molecule has 4 nitrogen and oxygen atoms in total. The summed E-state index contributed by atoms with van der Waals surface area (Å²) >= 11 is 5.86. The van der Waals surface area contributed by atoms with Crippen LogP contribution in [0.3, 0.4) is 0 Å². The maximum absolute atomic E-state index is 12.1. The Kier molecular flexibility index (Phi) is 4.60. The van der Waals surface area contributed by atoms with Crippen molar-refractivity contribution in [2.45, 2.75) is 19.3 Å². The van der Waals surface area contributed by atoms with Gasteiger partial charge < -0.3 is 10.4 Å². The predicted octanol–water partition coefficient (Wildman–Crippen LogP) is 3.26. The van der Waals surface area contributed by atoms with Crippen molar-refractivity contribution in [2.75, 3.05) is 11.9 Å². The lowest BCUT2D eigenvalue weighted by molar-refractivity contribution is 0.102. The summed E-state index contributed by atoms with van der Waals surface area (Å²) in [7, 11) is 0. The van der Waals surface area contributed by atoms with E-state index in [2.05, 4.69) is 10.3 Å². The van der Waals surface area contributed by atoms with E-state index in [0.29, 0.717) is 16.4 Å². The van der Waals surface area contributed by atoms with Gasteiger partial charge in [0.15, 0.2) is 0 Å². The van der Waals surface area contributed by atoms with Gasteiger partial charge in [0.05, 0.1) is 6.61 Å². The molecule has 0 atom stereocenters. The topological polar surface area (TPSA) is 62.2 Å². The lowest BCUT2D eigenvalue weighted by Crippen LogP contribution is -2.22. The first-order valence-corrected chi connectivity index (χ1v) is 6.94.